The van der Waals surface area contributed by atoms with Crippen molar-refractivity contribution in [2.45, 2.75) is 78.5 Å². The highest BCUT2D eigenvalue weighted by atomic mass is 32.2. The smallest absolute Gasteiger partial charge is 0.297 e. The standard InChI is InChI=1S/C36H46N6O6S/c1-23(2)46-16-15-41(8)35-37-20-28(48-35)21-42-27(19-36(5,6)7)22-47-31-18-30(32-24(3)11-9-12-25(32)4)38-34(39-31)40-49(44,45)29-14-10-13-26(17-29)33(42)43/h9-14,17-18,20,23,27H,15-16,19,21-22H2,1-8H3,(H,38,39,40)/t27-/m1/s1. The summed E-state index contributed by atoms with van der Waals surface area (Å²) >= 11 is 0. The number of likely N-dealkylation sites (N-methyl/N-ethyl adjacent to an activating group) is 1. The van der Waals surface area contributed by atoms with Crippen molar-refractivity contribution in [1.29, 1.82) is 0 Å². The fraction of sp³-hybridized carbons (Fsp3) is 0.444. The summed E-state index contributed by atoms with van der Waals surface area (Å²) < 4.78 is 48.0. The molecular formula is C36H46N6O6S. The van der Waals surface area contributed by atoms with Gasteiger partial charge in [0.05, 0.1) is 42.1 Å². The molecule has 13 heteroatoms. The van der Waals surface area contributed by atoms with Gasteiger partial charge in [-0.05, 0) is 68.9 Å². The number of aryl methyl sites for hydroxylation is 2. The minimum absolute atomic E-state index is 0.0736. The second kappa shape index (κ2) is 14.6. The van der Waals surface area contributed by atoms with Gasteiger partial charge < -0.3 is 23.7 Å². The summed E-state index contributed by atoms with van der Waals surface area (Å²) in [7, 11) is -2.32. The highest BCUT2D eigenvalue weighted by Gasteiger charge is 2.32. The molecule has 0 saturated heterocycles. The zero-order valence-electron chi connectivity index (χ0n) is 29.5. The number of rotatable bonds is 9. The third-order valence-electron chi connectivity index (χ3n) is 8.10. The summed E-state index contributed by atoms with van der Waals surface area (Å²) in [6, 6.07) is 13.5. The van der Waals surface area contributed by atoms with Crippen molar-refractivity contribution in [3.63, 3.8) is 0 Å². The first-order valence-corrected chi connectivity index (χ1v) is 17.9. The quantitative estimate of drug-likeness (QED) is 0.214. The number of carbonyl (C=O) groups excluding carboxylic acids is 1. The van der Waals surface area contributed by atoms with Crippen molar-refractivity contribution >= 4 is 27.9 Å². The van der Waals surface area contributed by atoms with Crippen LogP contribution in [-0.2, 0) is 21.3 Å². The number of oxazole rings is 1. The number of sulfonamides is 1. The van der Waals surface area contributed by atoms with Gasteiger partial charge in [-0.15, -0.1) is 0 Å². The van der Waals surface area contributed by atoms with Crippen molar-refractivity contribution in [1.82, 2.24) is 19.9 Å². The topological polar surface area (TPSA) is 140 Å². The number of carbonyl (C=O) groups is 1. The Kier molecular flexibility index (Phi) is 10.6. The number of nitrogens with zero attached hydrogens (tertiary/aromatic N) is 5. The fourth-order valence-corrected chi connectivity index (χ4v) is 6.77. The van der Waals surface area contributed by atoms with Gasteiger partial charge in [0.1, 0.15) is 12.4 Å². The maximum absolute atomic E-state index is 14.4. The Balaban J connectivity index is 1.58. The maximum Gasteiger partial charge on any atom is 0.297 e. The van der Waals surface area contributed by atoms with Gasteiger partial charge in [-0.3, -0.25) is 4.79 Å². The average molecular weight is 691 g/mol. The van der Waals surface area contributed by atoms with E-state index in [-0.39, 0.29) is 52.9 Å². The molecule has 262 valence electrons. The predicted molar refractivity (Wildman–Crippen MR) is 188 cm³/mol. The van der Waals surface area contributed by atoms with Gasteiger partial charge in [0.15, 0.2) is 0 Å². The number of hydrogen-bond donors (Lipinski definition) is 1. The van der Waals surface area contributed by atoms with Gasteiger partial charge >= 0.3 is 0 Å². The first-order chi connectivity index (χ1) is 23.1. The third-order valence-corrected chi connectivity index (χ3v) is 9.43. The second-order valence-electron chi connectivity index (χ2n) is 13.9. The highest BCUT2D eigenvalue weighted by Crippen LogP contribution is 2.32. The lowest BCUT2D eigenvalue weighted by Gasteiger charge is -2.35. The summed E-state index contributed by atoms with van der Waals surface area (Å²) in [6.07, 6.45) is 2.28. The molecule has 4 bridgehead atoms. The molecule has 0 spiro atoms. The fourth-order valence-electron chi connectivity index (χ4n) is 5.78. The van der Waals surface area contributed by atoms with E-state index in [0.717, 1.165) is 16.7 Å². The monoisotopic (exact) mass is 690 g/mol. The van der Waals surface area contributed by atoms with E-state index in [1.54, 1.807) is 29.3 Å². The van der Waals surface area contributed by atoms with Crippen molar-refractivity contribution in [3.05, 3.63) is 77.2 Å². The lowest BCUT2D eigenvalue weighted by molar-refractivity contribution is 0.0493. The minimum atomic E-state index is -4.19. The number of fused-ring (bicyclic) bond motifs is 4. The molecule has 1 atom stereocenters. The summed E-state index contributed by atoms with van der Waals surface area (Å²) in [5.74, 6) is 0.136. The average Bonchev–Trinajstić information content (AvgIpc) is 3.49. The Bertz CT molecular complexity index is 1880. The molecule has 49 heavy (non-hydrogen) atoms. The van der Waals surface area contributed by atoms with E-state index in [4.69, 9.17) is 13.9 Å². The maximum atomic E-state index is 14.4. The van der Waals surface area contributed by atoms with Gasteiger partial charge in [0, 0.05) is 30.8 Å². The number of ether oxygens (including phenoxy) is 2. The van der Waals surface area contributed by atoms with Gasteiger partial charge in [-0.1, -0.05) is 45.0 Å². The number of nitrogens with one attached hydrogen (secondary N) is 1. The normalized spacial score (nSPS) is 16.3. The molecule has 1 aliphatic heterocycles. The van der Waals surface area contributed by atoms with E-state index >= 15 is 0 Å². The molecular weight excluding hydrogens is 644 g/mol. The van der Waals surface area contributed by atoms with Crippen molar-refractivity contribution in [2.75, 3.05) is 36.4 Å². The van der Waals surface area contributed by atoms with Crippen LogP contribution in [0.3, 0.4) is 0 Å². The number of benzene rings is 2. The number of hydrogen-bond acceptors (Lipinski definition) is 10. The molecule has 5 rings (SSSR count). The van der Waals surface area contributed by atoms with Crippen LogP contribution in [0.2, 0.25) is 0 Å². The second-order valence-corrected chi connectivity index (χ2v) is 15.6. The first kappa shape index (κ1) is 35.8. The van der Waals surface area contributed by atoms with Crippen molar-refractivity contribution in [3.8, 4) is 17.1 Å². The summed E-state index contributed by atoms with van der Waals surface area (Å²) in [5, 5.41) is 0. The van der Waals surface area contributed by atoms with Crippen LogP contribution in [0.5, 0.6) is 5.88 Å². The van der Waals surface area contributed by atoms with Crippen LogP contribution in [0, 0.1) is 19.3 Å². The van der Waals surface area contributed by atoms with E-state index in [2.05, 4.69) is 40.4 Å². The number of amides is 1. The van der Waals surface area contributed by atoms with Gasteiger partial charge in [0.2, 0.25) is 11.8 Å². The van der Waals surface area contributed by atoms with E-state index in [0.29, 0.717) is 37.0 Å². The molecule has 1 N–H and O–H groups in total. The predicted octanol–water partition coefficient (Wildman–Crippen LogP) is 6.25. The van der Waals surface area contributed by atoms with Crippen LogP contribution in [0.1, 0.15) is 68.3 Å². The van der Waals surface area contributed by atoms with Gasteiger partial charge in [-0.2, -0.15) is 4.98 Å². The molecule has 4 aromatic rings. The Hall–Kier alpha value is -4.49. The molecule has 2 aromatic carbocycles. The molecule has 1 aliphatic rings. The highest BCUT2D eigenvalue weighted by molar-refractivity contribution is 7.92. The van der Waals surface area contributed by atoms with E-state index in [1.165, 1.54) is 12.1 Å². The molecule has 3 heterocycles. The lowest BCUT2D eigenvalue weighted by atomic mass is 9.87. The van der Waals surface area contributed by atoms with E-state index in [1.807, 2.05) is 57.8 Å². The largest absolute Gasteiger partial charge is 0.475 e. The zero-order valence-corrected chi connectivity index (χ0v) is 30.3. The van der Waals surface area contributed by atoms with Gasteiger partial charge in [-0.25, -0.2) is 23.1 Å². The molecule has 12 nitrogen and oxygen atoms in total. The van der Waals surface area contributed by atoms with Crippen LogP contribution < -0.4 is 14.4 Å². The molecule has 0 unspecified atom stereocenters. The third kappa shape index (κ3) is 8.95. The molecule has 0 saturated carbocycles. The van der Waals surface area contributed by atoms with E-state index in [9.17, 15) is 13.2 Å². The van der Waals surface area contributed by atoms with Crippen molar-refractivity contribution < 1.29 is 27.1 Å². The number of anilines is 2. The summed E-state index contributed by atoms with van der Waals surface area (Å²) in [5.41, 5.74) is 3.29. The molecule has 0 aliphatic carbocycles. The number of aromatic nitrogens is 3. The SMILES string of the molecule is Cc1cccc(C)c1-c1cc2nc(n1)NS(=O)(=O)c1cccc(c1)C(=O)N(Cc1cnc(N(C)CCOC(C)C)o1)[C@H](CC(C)(C)C)CO2. The van der Waals surface area contributed by atoms with Gasteiger partial charge in [0.25, 0.3) is 21.9 Å². The Morgan fingerprint density at radius 2 is 1.80 bits per heavy atom. The zero-order chi connectivity index (χ0) is 35.5. The molecule has 0 fully saturated rings. The summed E-state index contributed by atoms with van der Waals surface area (Å²) in [4.78, 5) is 31.4. The Morgan fingerprint density at radius 3 is 2.49 bits per heavy atom. The molecule has 0 radical (unpaired) electrons. The van der Waals surface area contributed by atoms with Crippen molar-refractivity contribution in [2.24, 2.45) is 5.41 Å². The Labute approximate surface area is 288 Å². The molecule has 1 amide bonds. The molecule has 2 aromatic heterocycles. The van der Waals surface area contributed by atoms with Crippen LogP contribution in [0.15, 0.2) is 64.0 Å². The van der Waals surface area contributed by atoms with Crippen LogP contribution in [0.4, 0.5) is 12.0 Å². The van der Waals surface area contributed by atoms with E-state index < -0.39 is 16.1 Å². The first-order valence-electron chi connectivity index (χ1n) is 16.4. The van der Waals surface area contributed by atoms with Crippen LogP contribution in [-0.4, -0.2) is 73.1 Å². The lowest BCUT2D eigenvalue weighted by Crippen LogP contribution is -2.45. The summed E-state index contributed by atoms with van der Waals surface area (Å²) in [6.45, 7) is 15.4. The van der Waals surface area contributed by atoms with Crippen LogP contribution >= 0.6 is 0 Å². The Morgan fingerprint density at radius 1 is 1.08 bits per heavy atom. The van der Waals surface area contributed by atoms with Crippen LogP contribution in [0.25, 0.3) is 11.3 Å². The minimum Gasteiger partial charge on any atom is -0.475 e.